The molecule has 1 aliphatic heterocycles. The summed E-state index contributed by atoms with van der Waals surface area (Å²) in [4.78, 5) is 16.2. The van der Waals surface area contributed by atoms with Crippen LogP contribution in [0.5, 0.6) is 11.5 Å². The van der Waals surface area contributed by atoms with E-state index in [1.807, 2.05) is 39.0 Å². The molecule has 0 atom stereocenters. The van der Waals surface area contributed by atoms with Crippen molar-refractivity contribution in [3.05, 3.63) is 23.8 Å². The Labute approximate surface area is 144 Å². The number of amides is 1. The quantitative estimate of drug-likeness (QED) is 0.846. The van der Waals surface area contributed by atoms with Gasteiger partial charge in [0.15, 0.2) is 0 Å². The molecule has 0 spiro atoms. The van der Waals surface area contributed by atoms with Crippen LogP contribution < -0.4 is 9.47 Å². The van der Waals surface area contributed by atoms with Gasteiger partial charge in [0.25, 0.3) is 0 Å². The predicted octanol–water partition coefficient (Wildman–Crippen LogP) is 2.76. The summed E-state index contributed by atoms with van der Waals surface area (Å²) in [7, 11) is 3.30. The third kappa shape index (κ3) is 5.30. The number of methoxy groups -OCH3 is 2. The van der Waals surface area contributed by atoms with E-state index >= 15 is 0 Å². The summed E-state index contributed by atoms with van der Waals surface area (Å²) in [5.41, 5.74) is 0.683. The lowest BCUT2D eigenvalue weighted by atomic mass is 10.1. The highest BCUT2D eigenvalue weighted by Crippen LogP contribution is 2.24. The molecule has 0 unspecified atom stereocenters. The van der Waals surface area contributed by atoms with Gasteiger partial charge >= 0.3 is 6.09 Å². The van der Waals surface area contributed by atoms with Crippen LogP contribution in [0.1, 0.15) is 26.3 Å². The zero-order valence-corrected chi connectivity index (χ0v) is 15.3. The minimum atomic E-state index is -0.453. The zero-order chi connectivity index (χ0) is 17.7. The van der Waals surface area contributed by atoms with Crippen LogP contribution in [0.25, 0.3) is 0 Å². The van der Waals surface area contributed by atoms with E-state index in [9.17, 15) is 4.79 Å². The van der Waals surface area contributed by atoms with E-state index in [-0.39, 0.29) is 6.09 Å². The predicted molar refractivity (Wildman–Crippen MR) is 92.6 cm³/mol. The lowest BCUT2D eigenvalue weighted by Gasteiger charge is -2.35. The van der Waals surface area contributed by atoms with Gasteiger partial charge in [0, 0.05) is 38.8 Å². The van der Waals surface area contributed by atoms with E-state index in [0.29, 0.717) is 13.1 Å². The highest BCUT2D eigenvalue weighted by atomic mass is 16.6. The summed E-state index contributed by atoms with van der Waals surface area (Å²) in [6, 6.07) is 5.90. The van der Waals surface area contributed by atoms with Crippen LogP contribution in [0.3, 0.4) is 0 Å². The number of ether oxygens (including phenoxy) is 3. The molecule has 1 fully saturated rings. The number of hydrogen-bond acceptors (Lipinski definition) is 5. The fraction of sp³-hybridized carbons (Fsp3) is 0.611. The Kier molecular flexibility index (Phi) is 5.94. The van der Waals surface area contributed by atoms with Gasteiger partial charge in [-0.2, -0.15) is 0 Å². The second kappa shape index (κ2) is 7.75. The van der Waals surface area contributed by atoms with Crippen molar-refractivity contribution >= 4 is 6.09 Å². The fourth-order valence-corrected chi connectivity index (χ4v) is 2.63. The number of piperazine rings is 1. The molecule has 6 heteroatoms. The Balaban J connectivity index is 1.90. The monoisotopic (exact) mass is 336 g/mol. The molecule has 1 aromatic rings. The minimum Gasteiger partial charge on any atom is -0.497 e. The first-order chi connectivity index (χ1) is 11.3. The van der Waals surface area contributed by atoms with E-state index in [1.54, 1.807) is 19.1 Å². The van der Waals surface area contributed by atoms with Gasteiger partial charge in [0.2, 0.25) is 0 Å². The van der Waals surface area contributed by atoms with Crippen molar-refractivity contribution in [2.45, 2.75) is 32.9 Å². The van der Waals surface area contributed by atoms with Gasteiger partial charge < -0.3 is 19.1 Å². The maximum Gasteiger partial charge on any atom is 0.410 e. The molecule has 6 nitrogen and oxygen atoms in total. The van der Waals surface area contributed by atoms with Crippen molar-refractivity contribution in [1.29, 1.82) is 0 Å². The molecule has 0 saturated carbocycles. The van der Waals surface area contributed by atoms with Gasteiger partial charge in [-0.05, 0) is 38.5 Å². The smallest absolute Gasteiger partial charge is 0.410 e. The Morgan fingerprint density at radius 2 is 1.54 bits per heavy atom. The van der Waals surface area contributed by atoms with E-state index in [1.165, 1.54) is 0 Å². The molecule has 1 saturated heterocycles. The third-order valence-electron chi connectivity index (χ3n) is 3.84. The Morgan fingerprint density at radius 3 is 2.00 bits per heavy atom. The summed E-state index contributed by atoms with van der Waals surface area (Å²) in [5.74, 6) is 1.58. The number of hydrogen-bond donors (Lipinski definition) is 0. The van der Waals surface area contributed by atoms with Crippen LogP contribution in [0.2, 0.25) is 0 Å². The Bertz CT molecular complexity index is 538. The van der Waals surface area contributed by atoms with Gasteiger partial charge in [-0.1, -0.05) is 0 Å². The molecule has 24 heavy (non-hydrogen) atoms. The summed E-state index contributed by atoms with van der Waals surface area (Å²) in [6.45, 7) is 9.45. The largest absolute Gasteiger partial charge is 0.497 e. The maximum atomic E-state index is 12.1. The summed E-state index contributed by atoms with van der Waals surface area (Å²) < 4.78 is 16.1. The zero-order valence-electron chi connectivity index (χ0n) is 15.3. The molecule has 2 rings (SSSR count). The lowest BCUT2D eigenvalue weighted by molar-refractivity contribution is 0.0139. The molecular weight excluding hydrogens is 308 g/mol. The number of rotatable bonds is 4. The van der Waals surface area contributed by atoms with Crippen molar-refractivity contribution in [2.75, 3.05) is 40.4 Å². The van der Waals surface area contributed by atoms with Gasteiger partial charge in [-0.25, -0.2) is 4.79 Å². The summed E-state index contributed by atoms with van der Waals surface area (Å²) >= 11 is 0. The van der Waals surface area contributed by atoms with Crippen LogP contribution in [-0.4, -0.2) is 61.9 Å². The molecule has 1 heterocycles. The van der Waals surface area contributed by atoms with Gasteiger partial charge in [-0.3, -0.25) is 4.90 Å². The van der Waals surface area contributed by atoms with Gasteiger partial charge in [0.05, 0.1) is 14.2 Å². The van der Waals surface area contributed by atoms with Crippen LogP contribution >= 0.6 is 0 Å². The SMILES string of the molecule is COc1cc(CN2CCN(C(=O)OC(C)(C)C)CC2)cc(OC)c1. The normalized spacial score (nSPS) is 16.0. The van der Waals surface area contributed by atoms with Crippen molar-refractivity contribution < 1.29 is 19.0 Å². The Morgan fingerprint density at radius 1 is 1.00 bits per heavy atom. The second-order valence-corrected chi connectivity index (χ2v) is 6.96. The van der Waals surface area contributed by atoms with Crippen LogP contribution in [0, 0.1) is 0 Å². The standard InChI is InChI=1S/C18H28N2O4/c1-18(2,3)24-17(21)20-8-6-19(7-9-20)13-14-10-15(22-4)12-16(11-14)23-5/h10-12H,6-9,13H2,1-5H3. The van der Waals surface area contributed by atoms with Gasteiger partial charge in [-0.15, -0.1) is 0 Å². The Hall–Kier alpha value is -1.95. The van der Waals surface area contributed by atoms with Crippen LogP contribution in [0.15, 0.2) is 18.2 Å². The molecule has 0 N–H and O–H groups in total. The minimum absolute atomic E-state index is 0.231. The first-order valence-electron chi connectivity index (χ1n) is 8.23. The molecule has 1 aliphatic rings. The number of carbonyl (C=O) groups is 1. The summed E-state index contributed by atoms with van der Waals surface area (Å²) in [5, 5.41) is 0. The number of benzene rings is 1. The fourth-order valence-electron chi connectivity index (χ4n) is 2.63. The highest BCUT2D eigenvalue weighted by Gasteiger charge is 2.25. The average molecular weight is 336 g/mol. The van der Waals surface area contributed by atoms with E-state index < -0.39 is 5.60 Å². The maximum absolute atomic E-state index is 12.1. The second-order valence-electron chi connectivity index (χ2n) is 6.96. The third-order valence-corrected chi connectivity index (χ3v) is 3.84. The number of nitrogens with zero attached hydrogens (tertiary/aromatic N) is 2. The topological polar surface area (TPSA) is 51.2 Å². The summed E-state index contributed by atoms with van der Waals surface area (Å²) in [6.07, 6.45) is -0.231. The van der Waals surface area contributed by atoms with Crippen LogP contribution in [0.4, 0.5) is 4.79 Å². The van der Waals surface area contributed by atoms with Crippen molar-refractivity contribution in [3.8, 4) is 11.5 Å². The number of carbonyl (C=O) groups excluding carboxylic acids is 1. The molecule has 0 aromatic heterocycles. The molecule has 0 radical (unpaired) electrons. The van der Waals surface area contributed by atoms with E-state index in [0.717, 1.165) is 36.7 Å². The molecular formula is C18H28N2O4. The molecule has 134 valence electrons. The van der Waals surface area contributed by atoms with E-state index in [2.05, 4.69) is 4.90 Å². The van der Waals surface area contributed by atoms with Crippen molar-refractivity contribution in [3.63, 3.8) is 0 Å². The van der Waals surface area contributed by atoms with Crippen molar-refractivity contribution in [1.82, 2.24) is 9.80 Å². The molecule has 1 amide bonds. The first-order valence-corrected chi connectivity index (χ1v) is 8.23. The van der Waals surface area contributed by atoms with Gasteiger partial charge in [0.1, 0.15) is 17.1 Å². The van der Waals surface area contributed by atoms with E-state index in [4.69, 9.17) is 14.2 Å². The molecule has 1 aromatic carbocycles. The highest BCUT2D eigenvalue weighted by molar-refractivity contribution is 5.68. The molecule has 0 aliphatic carbocycles. The first kappa shape index (κ1) is 18.4. The van der Waals surface area contributed by atoms with Crippen LogP contribution in [-0.2, 0) is 11.3 Å². The lowest BCUT2D eigenvalue weighted by Crippen LogP contribution is -2.49. The van der Waals surface area contributed by atoms with Crippen molar-refractivity contribution in [2.24, 2.45) is 0 Å². The molecule has 0 bridgehead atoms. The average Bonchev–Trinajstić information content (AvgIpc) is 2.53.